The second-order valence-corrected chi connectivity index (χ2v) is 4.99. The first-order valence-corrected chi connectivity index (χ1v) is 6.49. The minimum atomic E-state index is -1.53. The molecule has 0 aliphatic rings. The van der Waals surface area contributed by atoms with Crippen molar-refractivity contribution in [1.29, 1.82) is 0 Å². The molecule has 2 amide bonds. The van der Waals surface area contributed by atoms with Crippen molar-refractivity contribution < 1.29 is 24.6 Å². The molecule has 116 valence electrons. The third-order valence-electron chi connectivity index (χ3n) is 2.78. The summed E-state index contributed by atoms with van der Waals surface area (Å²) in [5.41, 5.74) is 0.191. The number of nitrogens with one attached hydrogen (secondary N) is 2. The summed E-state index contributed by atoms with van der Waals surface area (Å²) >= 11 is 0. The van der Waals surface area contributed by atoms with Crippen LogP contribution in [-0.4, -0.2) is 40.4 Å². The Kier molecular flexibility index (Phi) is 5.69. The van der Waals surface area contributed by atoms with E-state index in [0.29, 0.717) is 17.9 Å². The van der Waals surface area contributed by atoms with Gasteiger partial charge in [-0.15, -0.1) is 0 Å². The molecule has 0 spiro atoms. The number of ether oxygens (including phenoxy) is 1. The zero-order valence-corrected chi connectivity index (χ0v) is 12.2. The Morgan fingerprint density at radius 1 is 1.29 bits per heavy atom. The average Bonchev–Trinajstić information content (AvgIpc) is 2.43. The number of rotatable bonds is 6. The van der Waals surface area contributed by atoms with E-state index >= 15 is 0 Å². The van der Waals surface area contributed by atoms with Gasteiger partial charge in [0.2, 0.25) is 0 Å². The van der Waals surface area contributed by atoms with Crippen LogP contribution < -0.4 is 15.5 Å². The van der Waals surface area contributed by atoms with E-state index in [1.807, 2.05) is 6.92 Å². The van der Waals surface area contributed by atoms with Crippen molar-refractivity contribution in [2.75, 3.05) is 6.61 Å². The highest BCUT2D eigenvalue weighted by Crippen LogP contribution is 2.14. The highest BCUT2D eigenvalue weighted by molar-refractivity contribution is 5.97. The number of carbonyl (C=O) groups is 2. The molecule has 1 atom stereocenters. The van der Waals surface area contributed by atoms with Crippen LogP contribution in [0.3, 0.4) is 0 Å². The number of hydroxylamine groups is 1. The van der Waals surface area contributed by atoms with Gasteiger partial charge in [-0.1, -0.05) is 0 Å². The zero-order chi connectivity index (χ0) is 16.0. The average molecular weight is 296 g/mol. The number of carbonyl (C=O) groups excluding carboxylic acids is 2. The predicted octanol–water partition coefficient (Wildman–Crippen LogP) is 0.460. The van der Waals surface area contributed by atoms with Gasteiger partial charge >= 0.3 is 0 Å². The third kappa shape index (κ3) is 4.73. The molecule has 0 radical (unpaired) electrons. The van der Waals surface area contributed by atoms with E-state index < -0.39 is 23.5 Å². The van der Waals surface area contributed by atoms with Crippen LogP contribution in [0.2, 0.25) is 0 Å². The first kappa shape index (κ1) is 16.9. The van der Waals surface area contributed by atoms with E-state index in [1.54, 1.807) is 24.3 Å². The van der Waals surface area contributed by atoms with Crippen LogP contribution in [0.1, 0.15) is 31.1 Å². The molecule has 0 aliphatic carbocycles. The van der Waals surface area contributed by atoms with Gasteiger partial charge in [0, 0.05) is 5.56 Å². The van der Waals surface area contributed by atoms with E-state index in [2.05, 4.69) is 5.32 Å². The van der Waals surface area contributed by atoms with E-state index in [4.69, 9.17) is 9.94 Å². The van der Waals surface area contributed by atoms with Crippen molar-refractivity contribution in [2.45, 2.75) is 32.4 Å². The van der Waals surface area contributed by atoms with Gasteiger partial charge in [-0.2, -0.15) is 0 Å². The number of hydrogen-bond acceptors (Lipinski definition) is 5. The Labute approximate surface area is 122 Å². The molecule has 4 N–H and O–H groups in total. The molecular formula is C14H20N2O5. The molecule has 0 heterocycles. The summed E-state index contributed by atoms with van der Waals surface area (Å²) in [6.45, 7) is 5.07. The lowest BCUT2D eigenvalue weighted by molar-refractivity contribution is -0.136. The summed E-state index contributed by atoms with van der Waals surface area (Å²) in [4.78, 5) is 23.6. The van der Waals surface area contributed by atoms with Crippen molar-refractivity contribution in [1.82, 2.24) is 10.8 Å². The van der Waals surface area contributed by atoms with Crippen LogP contribution in [0, 0.1) is 0 Å². The predicted molar refractivity (Wildman–Crippen MR) is 75.1 cm³/mol. The van der Waals surface area contributed by atoms with Gasteiger partial charge in [-0.25, -0.2) is 5.48 Å². The zero-order valence-electron chi connectivity index (χ0n) is 12.2. The molecule has 1 aromatic carbocycles. The van der Waals surface area contributed by atoms with Crippen molar-refractivity contribution in [3.8, 4) is 5.75 Å². The Balaban J connectivity index is 2.84. The van der Waals surface area contributed by atoms with E-state index in [1.165, 1.54) is 19.3 Å². The van der Waals surface area contributed by atoms with Crippen molar-refractivity contribution in [3.05, 3.63) is 29.8 Å². The van der Waals surface area contributed by atoms with Gasteiger partial charge < -0.3 is 15.2 Å². The molecule has 0 saturated carbocycles. The molecule has 1 rings (SSSR count). The van der Waals surface area contributed by atoms with Crippen LogP contribution in [-0.2, 0) is 4.79 Å². The fraction of sp³-hybridized carbons (Fsp3) is 0.429. The van der Waals surface area contributed by atoms with Gasteiger partial charge in [0.1, 0.15) is 11.8 Å². The van der Waals surface area contributed by atoms with Crippen LogP contribution in [0.4, 0.5) is 0 Å². The van der Waals surface area contributed by atoms with Crippen molar-refractivity contribution in [2.24, 2.45) is 0 Å². The van der Waals surface area contributed by atoms with Crippen molar-refractivity contribution in [3.63, 3.8) is 0 Å². The molecule has 0 aromatic heterocycles. The Hall–Kier alpha value is -2.12. The SMILES string of the molecule is CCOc1ccc(C(=O)N[C@H](C(=O)NO)C(C)(C)O)cc1. The number of amides is 2. The maximum Gasteiger partial charge on any atom is 0.268 e. The summed E-state index contributed by atoms with van der Waals surface area (Å²) in [5, 5.41) is 20.9. The normalized spacial score (nSPS) is 12.4. The van der Waals surface area contributed by atoms with Crippen LogP contribution in [0.5, 0.6) is 5.75 Å². The smallest absolute Gasteiger partial charge is 0.268 e. The number of aliphatic hydroxyl groups is 1. The van der Waals surface area contributed by atoms with Gasteiger partial charge in [0.05, 0.1) is 12.2 Å². The second kappa shape index (κ2) is 7.05. The third-order valence-corrected chi connectivity index (χ3v) is 2.78. The monoisotopic (exact) mass is 296 g/mol. The second-order valence-electron chi connectivity index (χ2n) is 4.99. The topological polar surface area (TPSA) is 108 Å². The Morgan fingerprint density at radius 3 is 2.29 bits per heavy atom. The fourth-order valence-corrected chi connectivity index (χ4v) is 1.71. The minimum absolute atomic E-state index is 0.304. The fourth-order valence-electron chi connectivity index (χ4n) is 1.71. The van der Waals surface area contributed by atoms with E-state index in [-0.39, 0.29) is 0 Å². The van der Waals surface area contributed by atoms with E-state index in [9.17, 15) is 14.7 Å². The molecule has 7 nitrogen and oxygen atoms in total. The molecule has 0 saturated heterocycles. The molecule has 0 unspecified atom stereocenters. The summed E-state index contributed by atoms with van der Waals surface area (Å²) < 4.78 is 5.26. The molecule has 1 aromatic rings. The number of hydrogen-bond donors (Lipinski definition) is 4. The molecule has 0 aliphatic heterocycles. The maximum absolute atomic E-state index is 12.1. The lowest BCUT2D eigenvalue weighted by atomic mass is 9.98. The molecule has 0 fully saturated rings. The lowest BCUT2D eigenvalue weighted by Gasteiger charge is -2.28. The van der Waals surface area contributed by atoms with Gasteiger partial charge in [0.15, 0.2) is 0 Å². The first-order valence-electron chi connectivity index (χ1n) is 6.49. The molecular weight excluding hydrogens is 276 g/mol. The molecule has 0 bridgehead atoms. The highest BCUT2D eigenvalue weighted by atomic mass is 16.5. The summed E-state index contributed by atoms with van der Waals surface area (Å²) in [5.74, 6) is -0.822. The maximum atomic E-state index is 12.1. The summed E-state index contributed by atoms with van der Waals surface area (Å²) in [6, 6.07) is 5.05. The highest BCUT2D eigenvalue weighted by Gasteiger charge is 2.34. The largest absolute Gasteiger partial charge is 0.494 e. The quantitative estimate of drug-likeness (QED) is 0.450. The van der Waals surface area contributed by atoms with Crippen LogP contribution in [0.15, 0.2) is 24.3 Å². The van der Waals surface area contributed by atoms with E-state index in [0.717, 1.165) is 0 Å². The van der Waals surface area contributed by atoms with Gasteiger partial charge in [-0.3, -0.25) is 14.8 Å². The summed E-state index contributed by atoms with van der Waals surface area (Å²) in [6.07, 6.45) is 0. The lowest BCUT2D eigenvalue weighted by Crippen LogP contribution is -2.57. The first-order chi connectivity index (χ1) is 9.79. The minimum Gasteiger partial charge on any atom is -0.494 e. The van der Waals surface area contributed by atoms with Gasteiger partial charge in [-0.05, 0) is 45.0 Å². The molecule has 21 heavy (non-hydrogen) atoms. The number of benzene rings is 1. The Bertz CT molecular complexity index is 493. The summed E-state index contributed by atoms with van der Waals surface area (Å²) in [7, 11) is 0. The van der Waals surface area contributed by atoms with Crippen LogP contribution in [0.25, 0.3) is 0 Å². The van der Waals surface area contributed by atoms with Gasteiger partial charge in [0.25, 0.3) is 11.8 Å². The van der Waals surface area contributed by atoms with Crippen LogP contribution >= 0.6 is 0 Å². The molecule has 7 heteroatoms. The van der Waals surface area contributed by atoms with Crippen molar-refractivity contribution >= 4 is 11.8 Å². The standard InChI is InChI=1S/C14H20N2O5/c1-4-21-10-7-5-9(6-8-10)12(17)15-11(13(18)16-20)14(2,3)19/h5-8,11,19-20H,4H2,1-3H3,(H,15,17)(H,16,18)/t11-/m1/s1. The Morgan fingerprint density at radius 2 is 1.86 bits per heavy atom.